The Morgan fingerprint density at radius 3 is 2.56 bits per heavy atom. The summed E-state index contributed by atoms with van der Waals surface area (Å²) in [7, 11) is 1.62. The number of hydrogen-bond donors (Lipinski definition) is 1. The number of hydrogen-bond acceptors (Lipinski definition) is 3. The molecule has 0 saturated heterocycles. The van der Waals surface area contributed by atoms with E-state index in [0.717, 1.165) is 22.0 Å². The van der Waals surface area contributed by atoms with E-state index in [4.69, 9.17) is 10.5 Å². The molecule has 0 unspecified atom stereocenters. The van der Waals surface area contributed by atoms with Crippen LogP contribution in [0.2, 0.25) is 0 Å². The predicted molar refractivity (Wildman–Crippen MR) is 73.4 cm³/mol. The zero-order valence-electron chi connectivity index (χ0n) is 10.0. The van der Waals surface area contributed by atoms with Gasteiger partial charge in [0.05, 0.1) is 7.11 Å². The number of ether oxygens (including phenoxy) is 1. The molecule has 0 aliphatic heterocycles. The minimum atomic E-state index is -0.214. The quantitative estimate of drug-likeness (QED) is 0.674. The van der Waals surface area contributed by atoms with Crippen molar-refractivity contribution in [2.24, 2.45) is 0 Å². The summed E-state index contributed by atoms with van der Waals surface area (Å²) in [5.74, 6) is 1.32. The highest BCUT2D eigenvalue weighted by molar-refractivity contribution is 7.98. The van der Waals surface area contributed by atoms with Crippen molar-refractivity contribution < 1.29 is 9.13 Å². The highest BCUT2D eigenvalue weighted by atomic mass is 32.2. The molecule has 2 N–H and O–H groups in total. The Bertz CT molecular complexity index is 528. The van der Waals surface area contributed by atoms with Crippen LogP contribution in [-0.4, -0.2) is 7.11 Å². The van der Waals surface area contributed by atoms with Gasteiger partial charge in [0.1, 0.15) is 11.6 Å². The third kappa shape index (κ3) is 3.17. The third-order valence-corrected chi connectivity index (χ3v) is 3.62. The highest BCUT2D eigenvalue weighted by Gasteiger charge is 2.04. The summed E-state index contributed by atoms with van der Waals surface area (Å²) in [5.41, 5.74) is 7.44. The smallest absolute Gasteiger partial charge is 0.134 e. The van der Waals surface area contributed by atoms with Crippen LogP contribution in [0, 0.1) is 5.82 Å². The molecule has 0 amide bonds. The van der Waals surface area contributed by atoms with E-state index in [9.17, 15) is 4.39 Å². The molecule has 0 fully saturated rings. The van der Waals surface area contributed by atoms with Crippen molar-refractivity contribution in [2.45, 2.75) is 10.6 Å². The van der Waals surface area contributed by atoms with Crippen LogP contribution in [-0.2, 0) is 5.75 Å². The Morgan fingerprint density at radius 1 is 1.17 bits per heavy atom. The molecule has 0 aliphatic carbocycles. The van der Waals surface area contributed by atoms with Gasteiger partial charge in [-0.1, -0.05) is 12.1 Å². The maximum absolute atomic E-state index is 12.8. The number of nitrogen functional groups attached to an aromatic ring is 1. The minimum absolute atomic E-state index is 0.214. The predicted octanol–water partition coefficient (Wildman–Crippen LogP) is 3.71. The molecule has 18 heavy (non-hydrogen) atoms. The van der Waals surface area contributed by atoms with E-state index in [1.807, 2.05) is 12.1 Å². The van der Waals surface area contributed by atoms with Gasteiger partial charge in [-0.3, -0.25) is 0 Å². The lowest BCUT2D eigenvalue weighted by molar-refractivity contribution is 0.405. The van der Waals surface area contributed by atoms with E-state index in [0.29, 0.717) is 5.69 Å². The maximum Gasteiger partial charge on any atom is 0.134 e. The molecular formula is C14H14FNOS. The van der Waals surface area contributed by atoms with Crippen molar-refractivity contribution in [3.63, 3.8) is 0 Å². The first kappa shape index (κ1) is 12.8. The van der Waals surface area contributed by atoms with Gasteiger partial charge in [0, 0.05) is 22.4 Å². The largest absolute Gasteiger partial charge is 0.496 e. The van der Waals surface area contributed by atoms with Crippen molar-refractivity contribution in [1.82, 2.24) is 0 Å². The second-order valence-corrected chi connectivity index (χ2v) is 4.84. The van der Waals surface area contributed by atoms with Crippen LogP contribution < -0.4 is 10.5 Å². The number of halogens is 1. The Balaban J connectivity index is 2.08. The van der Waals surface area contributed by atoms with Crippen LogP contribution in [0.3, 0.4) is 0 Å². The number of methoxy groups -OCH3 is 1. The Hall–Kier alpha value is -1.68. The van der Waals surface area contributed by atoms with E-state index < -0.39 is 0 Å². The fourth-order valence-electron chi connectivity index (χ4n) is 1.55. The van der Waals surface area contributed by atoms with Crippen LogP contribution in [0.4, 0.5) is 10.1 Å². The molecule has 4 heteroatoms. The summed E-state index contributed by atoms with van der Waals surface area (Å²) in [6.45, 7) is 0. The molecule has 0 bridgehead atoms. The van der Waals surface area contributed by atoms with E-state index >= 15 is 0 Å². The van der Waals surface area contributed by atoms with Crippen LogP contribution in [0.15, 0.2) is 47.4 Å². The van der Waals surface area contributed by atoms with Crippen molar-refractivity contribution in [3.8, 4) is 5.75 Å². The number of rotatable bonds is 4. The number of nitrogens with two attached hydrogens (primary N) is 1. The van der Waals surface area contributed by atoms with E-state index in [1.165, 1.54) is 12.1 Å². The molecule has 94 valence electrons. The fourth-order valence-corrected chi connectivity index (χ4v) is 2.51. The number of anilines is 1. The fraction of sp³-hybridized carbons (Fsp3) is 0.143. The molecule has 2 aromatic carbocycles. The van der Waals surface area contributed by atoms with Crippen molar-refractivity contribution in [3.05, 3.63) is 53.8 Å². The van der Waals surface area contributed by atoms with Crippen LogP contribution in [0.25, 0.3) is 0 Å². The van der Waals surface area contributed by atoms with E-state index in [-0.39, 0.29) is 5.82 Å². The van der Waals surface area contributed by atoms with Gasteiger partial charge in [-0.15, -0.1) is 11.8 Å². The molecule has 0 atom stereocenters. The Labute approximate surface area is 110 Å². The average molecular weight is 263 g/mol. The zero-order chi connectivity index (χ0) is 13.0. The molecule has 0 aliphatic rings. The van der Waals surface area contributed by atoms with Gasteiger partial charge in [0.2, 0.25) is 0 Å². The first-order valence-corrected chi connectivity index (χ1v) is 6.48. The lowest BCUT2D eigenvalue weighted by Gasteiger charge is -2.08. The number of benzene rings is 2. The van der Waals surface area contributed by atoms with Crippen molar-refractivity contribution in [2.75, 3.05) is 12.8 Å². The standard InChI is InChI=1S/C14H14FNOS/c1-17-13-8-12(16)6-7-14(13)18-9-10-2-4-11(15)5-3-10/h2-8H,9,16H2,1H3. The second kappa shape index (κ2) is 5.78. The SMILES string of the molecule is COc1cc(N)ccc1SCc1ccc(F)cc1. The molecule has 0 radical (unpaired) electrons. The summed E-state index contributed by atoms with van der Waals surface area (Å²) in [6, 6.07) is 12.1. The normalized spacial score (nSPS) is 10.3. The molecule has 0 heterocycles. The summed E-state index contributed by atoms with van der Waals surface area (Å²) < 4.78 is 18.0. The van der Waals surface area contributed by atoms with Crippen LogP contribution in [0.5, 0.6) is 5.75 Å². The van der Waals surface area contributed by atoms with Gasteiger partial charge in [0.15, 0.2) is 0 Å². The second-order valence-electron chi connectivity index (χ2n) is 3.83. The molecule has 0 spiro atoms. The van der Waals surface area contributed by atoms with Gasteiger partial charge in [-0.2, -0.15) is 0 Å². The van der Waals surface area contributed by atoms with Gasteiger partial charge in [-0.25, -0.2) is 4.39 Å². The highest BCUT2D eigenvalue weighted by Crippen LogP contribution is 2.33. The first-order valence-electron chi connectivity index (χ1n) is 5.50. The van der Waals surface area contributed by atoms with Crippen LogP contribution in [0.1, 0.15) is 5.56 Å². The van der Waals surface area contributed by atoms with E-state index in [1.54, 1.807) is 37.1 Å². The summed E-state index contributed by atoms with van der Waals surface area (Å²) >= 11 is 1.64. The summed E-state index contributed by atoms with van der Waals surface area (Å²) in [5, 5.41) is 0. The van der Waals surface area contributed by atoms with Crippen LogP contribution >= 0.6 is 11.8 Å². The van der Waals surface area contributed by atoms with Gasteiger partial charge in [0.25, 0.3) is 0 Å². The first-order chi connectivity index (χ1) is 8.69. The van der Waals surface area contributed by atoms with Crippen molar-refractivity contribution >= 4 is 17.4 Å². The van der Waals surface area contributed by atoms with E-state index in [2.05, 4.69) is 0 Å². The molecular weight excluding hydrogens is 249 g/mol. The number of thioether (sulfide) groups is 1. The lowest BCUT2D eigenvalue weighted by atomic mass is 10.2. The van der Waals surface area contributed by atoms with Crippen molar-refractivity contribution in [1.29, 1.82) is 0 Å². The molecule has 2 aromatic rings. The lowest BCUT2D eigenvalue weighted by Crippen LogP contribution is -1.90. The minimum Gasteiger partial charge on any atom is -0.496 e. The molecule has 2 rings (SSSR count). The summed E-state index contributed by atoms with van der Waals surface area (Å²) in [6.07, 6.45) is 0. The average Bonchev–Trinajstić information content (AvgIpc) is 2.39. The molecule has 0 saturated carbocycles. The Morgan fingerprint density at radius 2 is 1.89 bits per heavy atom. The van der Waals surface area contributed by atoms with Gasteiger partial charge >= 0.3 is 0 Å². The topological polar surface area (TPSA) is 35.2 Å². The third-order valence-electron chi connectivity index (χ3n) is 2.50. The molecule has 2 nitrogen and oxygen atoms in total. The van der Waals surface area contributed by atoms with Gasteiger partial charge in [-0.05, 0) is 29.8 Å². The monoisotopic (exact) mass is 263 g/mol. The molecule has 0 aromatic heterocycles. The van der Waals surface area contributed by atoms with Gasteiger partial charge < -0.3 is 10.5 Å². The zero-order valence-corrected chi connectivity index (χ0v) is 10.8. The maximum atomic E-state index is 12.8. The Kier molecular flexibility index (Phi) is 4.10. The summed E-state index contributed by atoms with van der Waals surface area (Å²) in [4.78, 5) is 1.02.